The summed E-state index contributed by atoms with van der Waals surface area (Å²) in [5.41, 5.74) is 3.14. The maximum absolute atomic E-state index is 5.81. The standard InChI is InChI=1S/C21H17N3OS/c1-2-6-18(7-3-1)25-19-10-8-16(9-11-19)13-23-21-24-20(15-26-21)17-5-4-12-22-14-17/h1-12,14-15H,13H2,(H,23,24). The SMILES string of the molecule is c1ccc(Oc2ccc(CNc3nc(-c4cccnc4)cs3)cc2)cc1. The number of aromatic nitrogens is 2. The number of benzene rings is 2. The van der Waals surface area contributed by atoms with Crippen molar-refractivity contribution in [3.63, 3.8) is 0 Å². The molecule has 0 bridgehead atoms. The zero-order valence-corrected chi connectivity index (χ0v) is 14.8. The average Bonchev–Trinajstić information content (AvgIpc) is 3.18. The number of ether oxygens (including phenoxy) is 1. The molecule has 0 fully saturated rings. The molecule has 0 saturated heterocycles. The fourth-order valence-corrected chi connectivity index (χ4v) is 3.20. The monoisotopic (exact) mass is 359 g/mol. The van der Waals surface area contributed by atoms with Crippen LogP contribution in [0.5, 0.6) is 11.5 Å². The smallest absolute Gasteiger partial charge is 0.183 e. The number of hydrogen-bond donors (Lipinski definition) is 1. The second-order valence-corrected chi connectivity index (χ2v) is 6.55. The first-order valence-electron chi connectivity index (χ1n) is 8.28. The molecule has 0 aliphatic rings. The molecule has 26 heavy (non-hydrogen) atoms. The first kappa shape index (κ1) is 16.3. The Morgan fingerprint density at radius 1 is 0.885 bits per heavy atom. The highest BCUT2D eigenvalue weighted by Crippen LogP contribution is 2.25. The molecule has 4 rings (SSSR count). The van der Waals surface area contributed by atoms with Crippen LogP contribution in [0.3, 0.4) is 0 Å². The van der Waals surface area contributed by atoms with Crippen LogP contribution in [0.15, 0.2) is 84.5 Å². The van der Waals surface area contributed by atoms with Crippen molar-refractivity contribution in [2.24, 2.45) is 0 Å². The molecule has 0 amide bonds. The van der Waals surface area contributed by atoms with E-state index < -0.39 is 0 Å². The van der Waals surface area contributed by atoms with Crippen molar-refractivity contribution in [1.82, 2.24) is 9.97 Å². The van der Waals surface area contributed by atoms with Crippen LogP contribution >= 0.6 is 11.3 Å². The molecule has 0 aliphatic carbocycles. The molecule has 0 spiro atoms. The third-order valence-electron chi connectivity index (χ3n) is 3.81. The van der Waals surface area contributed by atoms with Crippen molar-refractivity contribution < 1.29 is 4.74 Å². The van der Waals surface area contributed by atoms with Crippen molar-refractivity contribution >= 4 is 16.5 Å². The summed E-state index contributed by atoms with van der Waals surface area (Å²) in [6.45, 7) is 0.714. The largest absolute Gasteiger partial charge is 0.457 e. The lowest BCUT2D eigenvalue weighted by atomic mass is 10.2. The lowest BCUT2D eigenvalue weighted by Gasteiger charge is -2.07. The Hall–Kier alpha value is -3.18. The van der Waals surface area contributed by atoms with Crippen LogP contribution in [0.2, 0.25) is 0 Å². The summed E-state index contributed by atoms with van der Waals surface area (Å²) in [5.74, 6) is 1.66. The Morgan fingerprint density at radius 2 is 1.69 bits per heavy atom. The van der Waals surface area contributed by atoms with Gasteiger partial charge in [-0.1, -0.05) is 30.3 Å². The number of para-hydroxylation sites is 1. The number of anilines is 1. The molecule has 0 atom stereocenters. The van der Waals surface area contributed by atoms with E-state index >= 15 is 0 Å². The van der Waals surface area contributed by atoms with Crippen LogP contribution in [0, 0.1) is 0 Å². The van der Waals surface area contributed by atoms with Gasteiger partial charge in [0.15, 0.2) is 5.13 Å². The van der Waals surface area contributed by atoms with Gasteiger partial charge in [0.1, 0.15) is 11.5 Å². The molecule has 4 nitrogen and oxygen atoms in total. The van der Waals surface area contributed by atoms with Gasteiger partial charge in [-0.2, -0.15) is 0 Å². The van der Waals surface area contributed by atoms with E-state index in [9.17, 15) is 0 Å². The summed E-state index contributed by atoms with van der Waals surface area (Å²) in [6, 6.07) is 21.8. The maximum atomic E-state index is 5.81. The summed E-state index contributed by atoms with van der Waals surface area (Å²) in [7, 11) is 0. The van der Waals surface area contributed by atoms with E-state index in [-0.39, 0.29) is 0 Å². The molecular weight excluding hydrogens is 342 g/mol. The average molecular weight is 359 g/mol. The van der Waals surface area contributed by atoms with Gasteiger partial charge in [0.25, 0.3) is 0 Å². The minimum Gasteiger partial charge on any atom is -0.457 e. The number of nitrogens with zero attached hydrogens (tertiary/aromatic N) is 2. The van der Waals surface area contributed by atoms with E-state index in [1.165, 1.54) is 5.56 Å². The van der Waals surface area contributed by atoms with E-state index in [1.54, 1.807) is 17.5 Å². The molecular formula is C21H17N3OS. The van der Waals surface area contributed by atoms with Crippen LogP contribution in [0.1, 0.15) is 5.56 Å². The zero-order valence-electron chi connectivity index (χ0n) is 14.0. The second-order valence-electron chi connectivity index (χ2n) is 5.69. The first-order chi connectivity index (χ1) is 12.9. The first-order valence-corrected chi connectivity index (χ1v) is 9.16. The van der Waals surface area contributed by atoms with Gasteiger partial charge in [-0.3, -0.25) is 4.98 Å². The fourth-order valence-electron chi connectivity index (χ4n) is 2.48. The highest BCUT2D eigenvalue weighted by atomic mass is 32.1. The molecule has 2 aromatic carbocycles. The van der Waals surface area contributed by atoms with Crippen molar-refractivity contribution in [1.29, 1.82) is 0 Å². The van der Waals surface area contributed by atoms with Gasteiger partial charge in [0.2, 0.25) is 0 Å². The number of thiazole rings is 1. The quantitative estimate of drug-likeness (QED) is 0.486. The molecule has 0 unspecified atom stereocenters. The molecule has 5 heteroatoms. The van der Waals surface area contributed by atoms with E-state index in [1.807, 2.05) is 66.2 Å². The van der Waals surface area contributed by atoms with E-state index in [0.29, 0.717) is 6.54 Å². The van der Waals surface area contributed by atoms with Gasteiger partial charge >= 0.3 is 0 Å². The molecule has 2 heterocycles. The van der Waals surface area contributed by atoms with Gasteiger partial charge in [-0.25, -0.2) is 4.98 Å². The van der Waals surface area contributed by atoms with Crippen molar-refractivity contribution in [3.8, 4) is 22.8 Å². The summed E-state index contributed by atoms with van der Waals surface area (Å²) in [5, 5.41) is 6.30. The molecule has 0 saturated carbocycles. The molecule has 0 radical (unpaired) electrons. The molecule has 128 valence electrons. The van der Waals surface area contributed by atoms with Crippen LogP contribution in [0.25, 0.3) is 11.3 Å². The Labute approximate surface area is 156 Å². The third kappa shape index (κ3) is 4.07. The van der Waals surface area contributed by atoms with Crippen LogP contribution < -0.4 is 10.1 Å². The predicted molar refractivity (Wildman–Crippen MR) is 106 cm³/mol. The highest BCUT2D eigenvalue weighted by molar-refractivity contribution is 7.14. The molecule has 0 aliphatic heterocycles. The van der Waals surface area contributed by atoms with Crippen LogP contribution in [-0.4, -0.2) is 9.97 Å². The number of hydrogen-bond acceptors (Lipinski definition) is 5. The van der Waals surface area contributed by atoms with Crippen molar-refractivity contribution in [3.05, 3.63) is 90.1 Å². The third-order valence-corrected chi connectivity index (χ3v) is 4.61. The molecule has 4 aromatic rings. The van der Waals surface area contributed by atoms with Gasteiger partial charge in [-0.15, -0.1) is 11.3 Å². The van der Waals surface area contributed by atoms with Gasteiger partial charge < -0.3 is 10.1 Å². The number of pyridine rings is 1. The van der Waals surface area contributed by atoms with Gasteiger partial charge in [-0.05, 0) is 42.0 Å². The summed E-state index contributed by atoms with van der Waals surface area (Å²) >= 11 is 1.59. The minimum absolute atomic E-state index is 0.714. The second kappa shape index (κ2) is 7.80. The Balaban J connectivity index is 1.36. The van der Waals surface area contributed by atoms with E-state index in [0.717, 1.165) is 27.9 Å². The van der Waals surface area contributed by atoms with Crippen LogP contribution in [-0.2, 0) is 6.54 Å². The predicted octanol–water partition coefficient (Wildman–Crippen LogP) is 5.61. The van der Waals surface area contributed by atoms with Crippen molar-refractivity contribution in [2.75, 3.05) is 5.32 Å². The van der Waals surface area contributed by atoms with Crippen LogP contribution in [0.4, 0.5) is 5.13 Å². The molecule has 1 N–H and O–H groups in total. The lowest BCUT2D eigenvalue weighted by Crippen LogP contribution is -1.98. The van der Waals surface area contributed by atoms with E-state index in [2.05, 4.69) is 27.4 Å². The van der Waals surface area contributed by atoms with Crippen molar-refractivity contribution in [2.45, 2.75) is 6.54 Å². The van der Waals surface area contributed by atoms with E-state index in [4.69, 9.17) is 4.74 Å². The van der Waals surface area contributed by atoms with Gasteiger partial charge in [0, 0.05) is 29.9 Å². The minimum atomic E-state index is 0.714. The zero-order chi connectivity index (χ0) is 17.6. The number of nitrogens with one attached hydrogen (secondary N) is 1. The maximum Gasteiger partial charge on any atom is 0.183 e. The fraction of sp³-hybridized carbons (Fsp3) is 0.0476. The Bertz CT molecular complexity index is 953. The Morgan fingerprint density at radius 3 is 2.46 bits per heavy atom. The van der Waals surface area contributed by atoms with Gasteiger partial charge in [0.05, 0.1) is 5.69 Å². The highest BCUT2D eigenvalue weighted by Gasteiger charge is 2.04. The number of rotatable bonds is 6. The summed E-state index contributed by atoms with van der Waals surface area (Å²) in [6.07, 6.45) is 3.59. The summed E-state index contributed by atoms with van der Waals surface area (Å²) in [4.78, 5) is 8.75. The topological polar surface area (TPSA) is 47.0 Å². The molecule has 2 aromatic heterocycles. The lowest BCUT2D eigenvalue weighted by molar-refractivity contribution is 0.482. The Kier molecular flexibility index (Phi) is 4.89. The summed E-state index contributed by atoms with van der Waals surface area (Å²) < 4.78 is 5.81. The normalized spacial score (nSPS) is 10.5.